The van der Waals surface area contributed by atoms with Crippen LogP contribution in [0.3, 0.4) is 0 Å². The zero-order chi connectivity index (χ0) is 17.5. The fourth-order valence-electron chi connectivity index (χ4n) is 3.33. The minimum absolute atomic E-state index is 0.114. The number of nitrogens with zero attached hydrogens (tertiary/aromatic N) is 3. The molecular weight excluding hydrogens is 312 g/mol. The third kappa shape index (κ3) is 4.86. The molecular formula is C20H26N4O. The Labute approximate surface area is 149 Å². The van der Waals surface area contributed by atoms with Gasteiger partial charge in [0.05, 0.1) is 5.56 Å². The van der Waals surface area contributed by atoms with Gasteiger partial charge >= 0.3 is 0 Å². The first-order valence-electron chi connectivity index (χ1n) is 9.10. The van der Waals surface area contributed by atoms with Crippen LogP contribution in [0.5, 0.6) is 0 Å². The SMILES string of the molecule is CN(CCNC(=O)c1cnc(-c2ccccc2)nc1)C1CCCCC1. The molecule has 132 valence electrons. The van der Waals surface area contributed by atoms with Gasteiger partial charge in [-0.2, -0.15) is 0 Å². The molecule has 0 bridgehead atoms. The van der Waals surface area contributed by atoms with Crippen molar-refractivity contribution >= 4 is 5.91 Å². The number of amides is 1. The molecule has 1 aromatic heterocycles. The highest BCUT2D eigenvalue weighted by atomic mass is 16.1. The molecule has 0 atom stereocenters. The van der Waals surface area contributed by atoms with Gasteiger partial charge in [-0.25, -0.2) is 9.97 Å². The van der Waals surface area contributed by atoms with Crippen LogP contribution in [0, 0.1) is 0 Å². The quantitative estimate of drug-likeness (QED) is 0.879. The second kappa shape index (κ2) is 8.72. The van der Waals surface area contributed by atoms with E-state index in [1.807, 2.05) is 30.3 Å². The summed E-state index contributed by atoms with van der Waals surface area (Å²) >= 11 is 0. The third-order valence-corrected chi connectivity index (χ3v) is 4.89. The molecule has 1 aromatic carbocycles. The highest BCUT2D eigenvalue weighted by Gasteiger charge is 2.17. The smallest absolute Gasteiger partial charge is 0.254 e. The minimum Gasteiger partial charge on any atom is -0.351 e. The van der Waals surface area contributed by atoms with Gasteiger partial charge < -0.3 is 10.2 Å². The monoisotopic (exact) mass is 338 g/mol. The second-order valence-corrected chi connectivity index (χ2v) is 6.69. The van der Waals surface area contributed by atoms with Crippen molar-refractivity contribution in [2.75, 3.05) is 20.1 Å². The predicted octanol–water partition coefficient (Wildman–Crippen LogP) is 3.14. The lowest BCUT2D eigenvalue weighted by molar-refractivity contribution is 0.0944. The van der Waals surface area contributed by atoms with Crippen LogP contribution in [0.1, 0.15) is 42.5 Å². The van der Waals surface area contributed by atoms with E-state index in [9.17, 15) is 4.79 Å². The van der Waals surface area contributed by atoms with Crippen LogP contribution in [-0.4, -0.2) is 47.0 Å². The first-order chi connectivity index (χ1) is 12.2. The van der Waals surface area contributed by atoms with Gasteiger partial charge in [-0.3, -0.25) is 4.79 Å². The predicted molar refractivity (Wildman–Crippen MR) is 99.3 cm³/mol. The molecule has 1 aliphatic carbocycles. The Hall–Kier alpha value is -2.27. The molecule has 25 heavy (non-hydrogen) atoms. The van der Waals surface area contributed by atoms with E-state index in [-0.39, 0.29) is 5.91 Å². The van der Waals surface area contributed by atoms with E-state index in [0.717, 1.165) is 12.1 Å². The summed E-state index contributed by atoms with van der Waals surface area (Å²) in [4.78, 5) is 23.2. The summed E-state index contributed by atoms with van der Waals surface area (Å²) < 4.78 is 0. The van der Waals surface area contributed by atoms with Crippen LogP contribution < -0.4 is 5.32 Å². The van der Waals surface area contributed by atoms with E-state index in [1.54, 1.807) is 12.4 Å². The Bertz CT molecular complexity index is 666. The summed E-state index contributed by atoms with van der Waals surface area (Å²) in [6, 6.07) is 10.4. The summed E-state index contributed by atoms with van der Waals surface area (Å²) in [5.41, 5.74) is 1.45. The van der Waals surface area contributed by atoms with E-state index >= 15 is 0 Å². The molecule has 0 spiro atoms. The third-order valence-electron chi connectivity index (χ3n) is 4.89. The summed E-state index contributed by atoms with van der Waals surface area (Å²) in [6.45, 7) is 1.52. The fraction of sp³-hybridized carbons (Fsp3) is 0.450. The fourth-order valence-corrected chi connectivity index (χ4v) is 3.33. The van der Waals surface area contributed by atoms with Crippen LogP contribution in [0.2, 0.25) is 0 Å². The van der Waals surface area contributed by atoms with Gasteiger partial charge in [0.1, 0.15) is 0 Å². The molecule has 5 heteroatoms. The summed E-state index contributed by atoms with van der Waals surface area (Å²) in [5, 5.41) is 2.97. The normalized spacial score (nSPS) is 15.3. The maximum Gasteiger partial charge on any atom is 0.254 e. The summed E-state index contributed by atoms with van der Waals surface area (Å²) in [6.07, 6.45) is 9.75. The van der Waals surface area contributed by atoms with Crippen molar-refractivity contribution in [3.63, 3.8) is 0 Å². The second-order valence-electron chi connectivity index (χ2n) is 6.69. The number of likely N-dealkylation sites (N-methyl/N-ethyl adjacent to an activating group) is 1. The molecule has 3 rings (SSSR count). The van der Waals surface area contributed by atoms with Crippen molar-refractivity contribution in [2.24, 2.45) is 0 Å². The average Bonchev–Trinajstić information content (AvgIpc) is 2.69. The van der Waals surface area contributed by atoms with Crippen molar-refractivity contribution in [1.82, 2.24) is 20.2 Å². The lowest BCUT2D eigenvalue weighted by Gasteiger charge is -2.31. The molecule has 1 aliphatic rings. The van der Waals surface area contributed by atoms with Gasteiger partial charge in [0.2, 0.25) is 0 Å². The molecule has 1 heterocycles. The maximum atomic E-state index is 12.2. The maximum absolute atomic E-state index is 12.2. The van der Waals surface area contributed by atoms with Crippen molar-refractivity contribution < 1.29 is 4.79 Å². The van der Waals surface area contributed by atoms with Crippen molar-refractivity contribution in [3.8, 4) is 11.4 Å². The van der Waals surface area contributed by atoms with Gasteiger partial charge in [-0.15, -0.1) is 0 Å². The Balaban J connectivity index is 1.48. The number of aromatic nitrogens is 2. The molecule has 0 saturated heterocycles. The topological polar surface area (TPSA) is 58.1 Å². The highest BCUT2D eigenvalue weighted by Crippen LogP contribution is 2.21. The molecule has 1 amide bonds. The van der Waals surface area contributed by atoms with Crippen LogP contribution in [0.25, 0.3) is 11.4 Å². The number of benzene rings is 1. The van der Waals surface area contributed by atoms with Crippen molar-refractivity contribution in [2.45, 2.75) is 38.1 Å². The van der Waals surface area contributed by atoms with Crippen molar-refractivity contribution in [3.05, 3.63) is 48.3 Å². The molecule has 5 nitrogen and oxygen atoms in total. The van der Waals surface area contributed by atoms with Crippen LogP contribution in [0.4, 0.5) is 0 Å². The molecule has 1 fully saturated rings. The van der Waals surface area contributed by atoms with E-state index in [0.29, 0.717) is 24.0 Å². The number of rotatable bonds is 6. The summed E-state index contributed by atoms with van der Waals surface area (Å²) in [7, 11) is 2.15. The Morgan fingerprint density at radius 3 is 2.48 bits per heavy atom. The highest BCUT2D eigenvalue weighted by molar-refractivity contribution is 5.93. The molecule has 0 aliphatic heterocycles. The summed E-state index contributed by atoms with van der Waals surface area (Å²) in [5.74, 6) is 0.519. The van der Waals surface area contributed by atoms with Crippen LogP contribution in [-0.2, 0) is 0 Å². The lowest BCUT2D eigenvalue weighted by Crippen LogP contribution is -2.39. The van der Waals surface area contributed by atoms with Gasteiger partial charge in [0.15, 0.2) is 5.82 Å². The zero-order valence-electron chi connectivity index (χ0n) is 14.8. The Kier molecular flexibility index (Phi) is 6.12. The van der Waals surface area contributed by atoms with E-state index in [1.165, 1.54) is 32.1 Å². The molecule has 2 aromatic rings. The van der Waals surface area contributed by atoms with E-state index in [4.69, 9.17) is 0 Å². The average molecular weight is 338 g/mol. The minimum atomic E-state index is -0.114. The number of hydrogen-bond donors (Lipinski definition) is 1. The number of hydrogen-bond acceptors (Lipinski definition) is 4. The molecule has 1 N–H and O–H groups in total. The number of carbonyl (C=O) groups excluding carboxylic acids is 1. The van der Waals surface area contributed by atoms with E-state index in [2.05, 4.69) is 27.2 Å². The van der Waals surface area contributed by atoms with Crippen molar-refractivity contribution in [1.29, 1.82) is 0 Å². The van der Waals surface area contributed by atoms with Gasteiger partial charge in [0, 0.05) is 37.1 Å². The number of carbonyl (C=O) groups is 1. The molecule has 1 saturated carbocycles. The largest absolute Gasteiger partial charge is 0.351 e. The Morgan fingerprint density at radius 1 is 1.12 bits per heavy atom. The zero-order valence-corrected chi connectivity index (χ0v) is 14.8. The standard InChI is InChI=1S/C20H26N4O/c1-24(18-10-6-3-7-11-18)13-12-21-20(25)17-14-22-19(23-15-17)16-8-4-2-5-9-16/h2,4-5,8-9,14-15,18H,3,6-7,10-13H2,1H3,(H,21,25). The van der Waals surface area contributed by atoms with Gasteiger partial charge in [-0.05, 0) is 19.9 Å². The first-order valence-corrected chi connectivity index (χ1v) is 9.10. The molecule has 0 radical (unpaired) electrons. The lowest BCUT2D eigenvalue weighted by atomic mass is 9.94. The van der Waals surface area contributed by atoms with Crippen LogP contribution in [0.15, 0.2) is 42.7 Å². The van der Waals surface area contributed by atoms with Crippen LogP contribution >= 0.6 is 0 Å². The van der Waals surface area contributed by atoms with Gasteiger partial charge in [0.25, 0.3) is 5.91 Å². The number of nitrogens with one attached hydrogen (secondary N) is 1. The molecule has 0 unspecified atom stereocenters. The first kappa shape index (κ1) is 17.5. The van der Waals surface area contributed by atoms with E-state index < -0.39 is 0 Å². The van der Waals surface area contributed by atoms with Gasteiger partial charge in [-0.1, -0.05) is 49.6 Å². The Morgan fingerprint density at radius 2 is 1.80 bits per heavy atom.